The van der Waals surface area contributed by atoms with E-state index in [0.29, 0.717) is 0 Å². The molecule has 4 atom stereocenters. The highest BCUT2D eigenvalue weighted by Crippen LogP contribution is 2.30. The molecule has 20 heavy (non-hydrogen) atoms. The zero-order valence-electron chi connectivity index (χ0n) is 10.6. The van der Waals surface area contributed by atoms with Crippen molar-refractivity contribution >= 4 is 5.91 Å². The highest BCUT2D eigenvalue weighted by molar-refractivity contribution is 5.76. The average molecular weight is 292 g/mol. The SMILES string of the molecule is O=C(CO)NCCO[C@@H]1CO[C@H]2[C@@H]1OC[C@@H]2O[N+](=O)[O-]. The summed E-state index contributed by atoms with van der Waals surface area (Å²) in [5, 5.41) is 20.4. The minimum absolute atomic E-state index is 0.0808. The van der Waals surface area contributed by atoms with Gasteiger partial charge < -0.3 is 29.5 Å². The molecule has 2 heterocycles. The number of nitrogens with one attached hydrogen (secondary N) is 1. The fourth-order valence-corrected chi connectivity index (χ4v) is 2.23. The van der Waals surface area contributed by atoms with E-state index in [-0.39, 0.29) is 32.5 Å². The predicted molar refractivity (Wildman–Crippen MR) is 61.2 cm³/mol. The molecule has 2 saturated heterocycles. The highest BCUT2D eigenvalue weighted by Gasteiger charge is 2.49. The van der Waals surface area contributed by atoms with Crippen LogP contribution >= 0.6 is 0 Å². The van der Waals surface area contributed by atoms with Crippen molar-refractivity contribution in [2.75, 3.05) is 33.0 Å². The minimum atomic E-state index is -0.863. The summed E-state index contributed by atoms with van der Waals surface area (Å²) in [4.78, 5) is 25.6. The van der Waals surface area contributed by atoms with E-state index in [4.69, 9.17) is 19.3 Å². The molecule has 0 radical (unpaired) electrons. The summed E-state index contributed by atoms with van der Waals surface area (Å²) in [5.74, 6) is -0.481. The zero-order chi connectivity index (χ0) is 14.5. The Morgan fingerprint density at radius 2 is 2.00 bits per heavy atom. The number of hydrogen-bond donors (Lipinski definition) is 2. The summed E-state index contributed by atoms with van der Waals surface area (Å²) < 4.78 is 16.3. The molecule has 0 saturated carbocycles. The third-order valence-corrected chi connectivity index (χ3v) is 3.08. The fourth-order valence-electron chi connectivity index (χ4n) is 2.23. The first-order chi connectivity index (χ1) is 9.61. The van der Waals surface area contributed by atoms with Crippen molar-refractivity contribution in [1.29, 1.82) is 0 Å². The van der Waals surface area contributed by atoms with Gasteiger partial charge in [0.25, 0.3) is 5.09 Å². The second-order valence-electron chi connectivity index (χ2n) is 4.38. The van der Waals surface area contributed by atoms with Gasteiger partial charge in [-0.05, 0) is 0 Å². The zero-order valence-corrected chi connectivity index (χ0v) is 10.6. The van der Waals surface area contributed by atoms with E-state index in [1.807, 2.05) is 0 Å². The second-order valence-corrected chi connectivity index (χ2v) is 4.38. The fraction of sp³-hybridized carbons (Fsp3) is 0.900. The summed E-state index contributed by atoms with van der Waals surface area (Å²) in [6, 6.07) is 0. The van der Waals surface area contributed by atoms with Crippen LogP contribution in [0.1, 0.15) is 0 Å². The molecule has 2 rings (SSSR count). The molecule has 0 aliphatic carbocycles. The molecular formula is C10H16N2O8. The first kappa shape index (κ1) is 14.9. The van der Waals surface area contributed by atoms with Crippen LogP contribution in [0, 0.1) is 10.1 Å². The van der Waals surface area contributed by atoms with Gasteiger partial charge in [-0.15, -0.1) is 10.1 Å². The van der Waals surface area contributed by atoms with Gasteiger partial charge in [0.15, 0.2) is 6.10 Å². The Bertz CT molecular complexity index is 365. The molecule has 114 valence electrons. The molecule has 2 aliphatic rings. The number of carbonyl (C=O) groups is 1. The second kappa shape index (κ2) is 6.79. The molecule has 0 aromatic heterocycles. The lowest BCUT2D eigenvalue weighted by molar-refractivity contribution is -0.769. The molecule has 0 bridgehead atoms. The van der Waals surface area contributed by atoms with E-state index in [1.165, 1.54) is 0 Å². The Hall–Kier alpha value is -1.49. The lowest BCUT2D eigenvalue weighted by Crippen LogP contribution is -2.36. The summed E-state index contributed by atoms with van der Waals surface area (Å²) in [7, 11) is 0. The van der Waals surface area contributed by atoms with Crippen LogP contribution in [0.4, 0.5) is 0 Å². The molecule has 10 nitrogen and oxygen atoms in total. The Morgan fingerprint density at radius 1 is 1.35 bits per heavy atom. The predicted octanol–water partition coefficient (Wildman–Crippen LogP) is -2.15. The van der Waals surface area contributed by atoms with Crippen molar-refractivity contribution in [1.82, 2.24) is 5.32 Å². The van der Waals surface area contributed by atoms with Crippen molar-refractivity contribution in [3.8, 4) is 0 Å². The Labute approximate surface area is 114 Å². The first-order valence-corrected chi connectivity index (χ1v) is 6.15. The van der Waals surface area contributed by atoms with Crippen LogP contribution in [-0.2, 0) is 23.8 Å². The Morgan fingerprint density at radius 3 is 2.65 bits per heavy atom. The summed E-state index contributed by atoms with van der Waals surface area (Å²) in [6.07, 6.45) is -2.02. The van der Waals surface area contributed by atoms with Gasteiger partial charge in [-0.25, -0.2) is 0 Å². The van der Waals surface area contributed by atoms with Gasteiger partial charge in [-0.1, -0.05) is 0 Å². The molecule has 10 heteroatoms. The lowest BCUT2D eigenvalue weighted by atomic mass is 10.1. The summed E-state index contributed by atoms with van der Waals surface area (Å²) >= 11 is 0. The van der Waals surface area contributed by atoms with E-state index in [9.17, 15) is 14.9 Å². The van der Waals surface area contributed by atoms with Crippen molar-refractivity contribution in [2.45, 2.75) is 24.4 Å². The number of nitrogens with zero attached hydrogens (tertiary/aromatic N) is 1. The van der Waals surface area contributed by atoms with Gasteiger partial charge in [0, 0.05) is 6.54 Å². The maximum absolute atomic E-state index is 10.8. The van der Waals surface area contributed by atoms with Gasteiger partial charge in [-0.3, -0.25) is 4.79 Å². The number of fused-ring (bicyclic) bond motifs is 1. The Kier molecular flexibility index (Phi) is 5.06. The van der Waals surface area contributed by atoms with Crippen molar-refractivity contribution in [3.63, 3.8) is 0 Å². The maximum atomic E-state index is 10.8. The normalized spacial score (nSPS) is 31.9. The molecule has 0 unspecified atom stereocenters. The summed E-state index contributed by atoms with van der Waals surface area (Å²) in [6.45, 7) is 0.244. The van der Waals surface area contributed by atoms with Gasteiger partial charge in [-0.2, -0.15) is 0 Å². The van der Waals surface area contributed by atoms with Crippen LogP contribution in [0.5, 0.6) is 0 Å². The van der Waals surface area contributed by atoms with Crippen LogP contribution in [0.25, 0.3) is 0 Å². The quantitative estimate of drug-likeness (QED) is 0.309. The highest BCUT2D eigenvalue weighted by atomic mass is 17.0. The van der Waals surface area contributed by atoms with E-state index in [2.05, 4.69) is 10.2 Å². The van der Waals surface area contributed by atoms with Crippen molar-refractivity contribution < 1.29 is 34.0 Å². The Balaban J connectivity index is 1.71. The van der Waals surface area contributed by atoms with E-state index in [1.54, 1.807) is 0 Å². The van der Waals surface area contributed by atoms with E-state index >= 15 is 0 Å². The number of aliphatic hydroxyl groups excluding tert-OH is 1. The molecule has 2 aliphatic heterocycles. The van der Waals surface area contributed by atoms with Crippen LogP contribution in [0.15, 0.2) is 0 Å². The van der Waals surface area contributed by atoms with Gasteiger partial charge in [0.05, 0.1) is 19.8 Å². The van der Waals surface area contributed by atoms with Crippen LogP contribution in [0.2, 0.25) is 0 Å². The van der Waals surface area contributed by atoms with E-state index in [0.717, 1.165) is 0 Å². The van der Waals surface area contributed by atoms with E-state index < -0.39 is 35.9 Å². The largest absolute Gasteiger partial charge is 0.387 e. The molecule has 1 amide bonds. The number of ether oxygens (including phenoxy) is 3. The van der Waals surface area contributed by atoms with Gasteiger partial charge >= 0.3 is 0 Å². The minimum Gasteiger partial charge on any atom is -0.387 e. The number of carbonyl (C=O) groups excluding carboxylic acids is 1. The number of hydrogen-bond acceptors (Lipinski definition) is 8. The molecular weight excluding hydrogens is 276 g/mol. The molecule has 0 spiro atoms. The average Bonchev–Trinajstić information content (AvgIpc) is 2.98. The molecule has 0 aromatic carbocycles. The molecule has 0 aromatic rings. The monoisotopic (exact) mass is 292 g/mol. The number of rotatable bonds is 7. The number of aliphatic hydroxyl groups is 1. The molecule has 2 fully saturated rings. The smallest absolute Gasteiger partial charge is 0.294 e. The van der Waals surface area contributed by atoms with Gasteiger partial charge in [0.1, 0.15) is 24.9 Å². The van der Waals surface area contributed by atoms with Crippen LogP contribution < -0.4 is 5.32 Å². The number of amides is 1. The van der Waals surface area contributed by atoms with Gasteiger partial charge in [0.2, 0.25) is 5.91 Å². The molecule has 2 N–H and O–H groups in total. The first-order valence-electron chi connectivity index (χ1n) is 6.15. The maximum Gasteiger partial charge on any atom is 0.294 e. The van der Waals surface area contributed by atoms with Crippen molar-refractivity contribution in [3.05, 3.63) is 10.1 Å². The third-order valence-electron chi connectivity index (χ3n) is 3.08. The lowest BCUT2D eigenvalue weighted by Gasteiger charge is -2.16. The third kappa shape index (κ3) is 3.54. The standard InChI is InChI=1S/C10H16N2O8/c13-3-8(14)11-1-2-17-6-4-18-10-7(20-12(15)16)5-19-9(6)10/h6-7,9-10,13H,1-5H2,(H,11,14)/t6-,7+,9-,10-/m1/s1. The van der Waals surface area contributed by atoms with Crippen LogP contribution in [0.3, 0.4) is 0 Å². The van der Waals surface area contributed by atoms with Crippen LogP contribution in [-0.4, -0.2) is 73.5 Å². The topological polar surface area (TPSA) is 129 Å². The van der Waals surface area contributed by atoms with Crippen molar-refractivity contribution in [2.24, 2.45) is 0 Å². The summed E-state index contributed by atoms with van der Waals surface area (Å²) in [5.41, 5.74) is 0.